The molecule has 0 bridgehead atoms. The highest BCUT2D eigenvalue weighted by molar-refractivity contribution is 5.52. The van der Waals surface area contributed by atoms with E-state index in [1.165, 1.54) is 5.56 Å². The maximum Gasteiger partial charge on any atom is 0.184 e. The molecule has 1 aromatic carbocycles. The lowest BCUT2D eigenvalue weighted by Crippen LogP contribution is -2.17. The van der Waals surface area contributed by atoms with Gasteiger partial charge in [0.25, 0.3) is 0 Å². The summed E-state index contributed by atoms with van der Waals surface area (Å²) in [5.74, 6) is 1.16. The molecule has 2 heterocycles. The van der Waals surface area contributed by atoms with Crippen molar-refractivity contribution in [2.45, 2.75) is 50.8 Å². The molecular formula is C15H18O4. The summed E-state index contributed by atoms with van der Waals surface area (Å²) in [6.45, 7) is 4.39. The van der Waals surface area contributed by atoms with Gasteiger partial charge in [0.1, 0.15) is 11.9 Å². The zero-order valence-electron chi connectivity index (χ0n) is 11.1. The summed E-state index contributed by atoms with van der Waals surface area (Å²) in [7, 11) is 0. The topological polar surface area (TPSA) is 51.2 Å². The Balaban J connectivity index is 1.77. The summed E-state index contributed by atoms with van der Waals surface area (Å²) < 4.78 is 17.0. The lowest BCUT2D eigenvalue weighted by Gasteiger charge is -2.16. The van der Waals surface area contributed by atoms with Crippen LogP contribution in [0.1, 0.15) is 42.2 Å². The van der Waals surface area contributed by atoms with E-state index in [1.54, 1.807) is 0 Å². The molecule has 4 heteroatoms. The first-order valence-electron chi connectivity index (χ1n) is 6.95. The fraction of sp³-hybridized carbons (Fsp3) is 0.600. The van der Waals surface area contributed by atoms with E-state index in [0.717, 1.165) is 23.3 Å². The third-order valence-corrected chi connectivity index (χ3v) is 4.35. The highest BCUT2D eigenvalue weighted by atomic mass is 16.6. The minimum absolute atomic E-state index is 0.216. The number of aryl methyl sites for hydroxylation is 1. The molecule has 0 spiro atoms. The molecule has 4 rings (SSSR count). The van der Waals surface area contributed by atoms with E-state index >= 15 is 0 Å². The van der Waals surface area contributed by atoms with E-state index in [4.69, 9.17) is 14.2 Å². The van der Waals surface area contributed by atoms with Crippen LogP contribution in [-0.4, -0.2) is 30.0 Å². The van der Waals surface area contributed by atoms with Crippen LogP contribution in [0.15, 0.2) is 12.1 Å². The van der Waals surface area contributed by atoms with Crippen LogP contribution in [-0.2, 0) is 9.47 Å². The molecule has 4 nitrogen and oxygen atoms in total. The predicted molar refractivity (Wildman–Crippen MR) is 68.2 cm³/mol. The zero-order valence-corrected chi connectivity index (χ0v) is 11.1. The van der Waals surface area contributed by atoms with Gasteiger partial charge < -0.3 is 19.3 Å². The van der Waals surface area contributed by atoms with Crippen LogP contribution in [0.3, 0.4) is 0 Å². The molecule has 2 fully saturated rings. The molecular weight excluding hydrogens is 244 g/mol. The maximum absolute atomic E-state index is 10.1. The number of aliphatic hydroxyl groups is 1. The average molecular weight is 262 g/mol. The molecule has 1 saturated carbocycles. The number of hydrogen-bond donors (Lipinski definition) is 1. The Hall–Kier alpha value is -1.10. The van der Waals surface area contributed by atoms with Gasteiger partial charge in [-0.1, -0.05) is 11.6 Å². The molecule has 0 radical (unpaired) electrons. The van der Waals surface area contributed by atoms with Gasteiger partial charge in [-0.2, -0.15) is 0 Å². The fourth-order valence-electron chi connectivity index (χ4n) is 3.54. The molecule has 0 aromatic heterocycles. The summed E-state index contributed by atoms with van der Waals surface area (Å²) in [6, 6.07) is 4.11. The van der Waals surface area contributed by atoms with E-state index in [-0.39, 0.29) is 6.10 Å². The Morgan fingerprint density at radius 1 is 1.42 bits per heavy atom. The Morgan fingerprint density at radius 3 is 3.05 bits per heavy atom. The van der Waals surface area contributed by atoms with Crippen molar-refractivity contribution in [1.29, 1.82) is 0 Å². The molecule has 1 N–H and O–H groups in total. The smallest absolute Gasteiger partial charge is 0.184 e. The second kappa shape index (κ2) is 3.95. The van der Waals surface area contributed by atoms with Gasteiger partial charge in [-0.3, -0.25) is 0 Å². The monoisotopic (exact) mass is 262 g/mol. The Kier molecular flexibility index (Phi) is 2.43. The van der Waals surface area contributed by atoms with E-state index in [1.807, 2.05) is 19.9 Å². The van der Waals surface area contributed by atoms with Gasteiger partial charge in [0, 0.05) is 18.6 Å². The average Bonchev–Trinajstić information content (AvgIpc) is 2.89. The van der Waals surface area contributed by atoms with Crippen molar-refractivity contribution < 1.29 is 19.3 Å². The zero-order chi connectivity index (χ0) is 13.1. The van der Waals surface area contributed by atoms with Crippen molar-refractivity contribution in [2.24, 2.45) is 0 Å². The summed E-state index contributed by atoms with van der Waals surface area (Å²) in [6.07, 6.45) is 0.989. The van der Waals surface area contributed by atoms with Gasteiger partial charge in [-0.05, 0) is 19.9 Å². The molecule has 1 saturated heterocycles. The molecule has 3 aliphatic rings. The minimum atomic E-state index is -0.909. The Morgan fingerprint density at radius 2 is 2.26 bits per heavy atom. The molecule has 0 amide bonds. The predicted octanol–water partition coefficient (Wildman–Crippen LogP) is 2.04. The first-order chi connectivity index (χ1) is 9.19. The van der Waals surface area contributed by atoms with Crippen molar-refractivity contribution in [3.05, 3.63) is 28.8 Å². The standard InChI is InChI=1S/C15H18O4/c1-3-17-15(16)9-5-7(2)4-8-12-10(18-13(8)9)6-11-14(12)19-11/h4-5,10-12,14-16H,3,6H2,1-2H3/t10?,11-,12?,14-,15?/m1/s1. The SMILES string of the molecule is CCOC(O)c1cc(C)cc2c1OC1C[C@H]3O[C@H]3C21. The first kappa shape index (κ1) is 11.7. The quantitative estimate of drug-likeness (QED) is 0.669. The highest BCUT2D eigenvalue weighted by Crippen LogP contribution is 2.57. The maximum atomic E-state index is 10.1. The third-order valence-electron chi connectivity index (χ3n) is 4.35. The first-order valence-corrected chi connectivity index (χ1v) is 6.95. The number of aliphatic hydroxyl groups excluding tert-OH is 1. The van der Waals surface area contributed by atoms with Crippen LogP contribution in [0, 0.1) is 6.92 Å². The van der Waals surface area contributed by atoms with Crippen LogP contribution in [0.2, 0.25) is 0 Å². The summed E-state index contributed by atoms with van der Waals surface area (Å²) in [5, 5.41) is 10.1. The summed E-state index contributed by atoms with van der Waals surface area (Å²) in [5.41, 5.74) is 3.06. The van der Waals surface area contributed by atoms with Gasteiger partial charge >= 0.3 is 0 Å². The van der Waals surface area contributed by atoms with Crippen LogP contribution < -0.4 is 4.74 Å². The van der Waals surface area contributed by atoms with Gasteiger partial charge in [0.2, 0.25) is 0 Å². The van der Waals surface area contributed by atoms with Crippen LogP contribution in [0.4, 0.5) is 0 Å². The van der Waals surface area contributed by atoms with E-state index in [0.29, 0.717) is 24.7 Å². The minimum Gasteiger partial charge on any atom is -0.489 e. The Bertz CT molecular complexity index is 527. The van der Waals surface area contributed by atoms with Crippen molar-refractivity contribution >= 4 is 0 Å². The highest BCUT2D eigenvalue weighted by Gasteiger charge is 2.60. The Labute approximate surface area is 112 Å². The van der Waals surface area contributed by atoms with Crippen LogP contribution >= 0.6 is 0 Å². The van der Waals surface area contributed by atoms with Crippen LogP contribution in [0.5, 0.6) is 5.75 Å². The molecule has 102 valence electrons. The third kappa shape index (κ3) is 1.64. The largest absolute Gasteiger partial charge is 0.489 e. The normalized spacial score (nSPS) is 35.3. The lowest BCUT2D eigenvalue weighted by atomic mass is 9.93. The molecule has 19 heavy (non-hydrogen) atoms. The van der Waals surface area contributed by atoms with Crippen molar-refractivity contribution in [3.63, 3.8) is 0 Å². The summed E-state index contributed by atoms with van der Waals surface area (Å²) >= 11 is 0. The van der Waals surface area contributed by atoms with Crippen molar-refractivity contribution in [3.8, 4) is 5.75 Å². The van der Waals surface area contributed by atoms with E-state index in [2.05, 4.69) is 6.07 Å². The number of rotatable bonds is 3. The molecule has 1 aromatic rings. The molecule has 2 aliphatic heterocycles. The second-order valence-corrected chi connectivity index (χ2v) is 5.64. The van der Waals surface area contributed by atoms with Crippen molar-refractivity contribution in [1.82, 2.24) is 0 Å². The number of fused-ring (bicyclic) bond motifs is 5. The van der Waals surface area contributed by atoms with Crippen molar-refractivity contribution in [2.75, 3.05) is 6.61 Å². The van der Waals surface area contributed by atoms with Gasteiger partial charge in [0.05, 0.1) is 23.7 Å². The lowest BCUT2D eigenvalue weighted by molar-refractivity contribution is -0.0992. The van der Waals surface area contributed by atoms with Gasteiger partial charge in [-0.25, -0.2) is 0 Å². The molecule has 5 atom stereocenters. The molecule has 3 unspecified atom stereocenters. The van der Waals surface area contributed by atoms with Crippen LogP contribution in [0.25, 0.3) is 0 Å². The number of hydrogen-bond acceptors (Lipinski definition) is 4. The second-order valence-electron chi connectivity index (χ2n) is 5.64. The van der Waals surface area contributed by atoms with E-state index in [9.17, 15) is 5.11 Å². The number of ether oxygens (including phenoxy) is 3. The van der Waals surface area contributed by atoms with Gasteiger partial charge in [0.15, 0.2) is 6.29 Å². The van der Waals surface area contributed by atoms with Gasteiger partial charge in [-0.15, -0.1) is 0 Å². The fourth-order valence-corrected chi connectivity index (χ4v) is 3.54. The molecule has 1 aliphatic carbocycles. The van der Waals surface area contributed by atoms with E-state index < -0.39 is 6.29 Å². The number of benzene rings is 1. The summed E-state index contributed by atoms with van der Waals surface area (Å²) in [4.78, 5) is 0. The number of epoxide rings is 1.